The third-order valence-electron chi connectivity index (χ3n) is 2.62. The van der Waals surface area contributed by atoms with Gasteiger partial charge in [0.15, 0.2) is 0 Å². The summed E-state index contributed by atoms with van der Waals surface area (Å²) in [5.41, 5.74) is 2.12. The summed E-state index contributed by atoms with van der Waals surface area (Å²) in [5, 5.41) is 4.47. The zero-order valence-corrected chi connectivity index (χ0v) is 12.9. The van der Waals surface area contributed by atoms with Gasteiger partial charge in [-0.1, -0.05) is 27.7 Å². The molecule has 0 fully saturated rings. The second kappa shape index (κ2) is 6.41. The molecule has 0 atom stereocenters. The van der Waals surface area contributed by atoms with E-state index >= 15 is 0 Å². The van der Waals surface area contributed by atoms with Crippen LogP contribution in [0, 0.1) is 0 Å². The molecule has 0 saturated heterocycles. The van der Waals surface area contributed by atoms with Crippen molar-refractivity contribution in [2.75, 3.05) is 5.75 Å². The number of rotatable bonds is 6. The van der Waals surface area contributed by atoms with Crippen LogP contribution < -0.4 is 0 Å². The van der Waals surface area contributed by atoms with Gasteiger partial charge in [0.25, 0.3) is 0 Å². The lowest BCUT2D eigenvalue weighted by Gasteiger charge is -2.16. The van der Waals surface area contributed by atoms with Crippen LogP contribution in [0.5, 0.6) is 0 Å². The lowest BCUT2D eigenvalue weighted by molar-refractivity contribution is -0.116. The molecule has 102 valence electrons. The normalized spacial score (nSPS) is 11.8. The molecule has 0 aliphatic rings. The van der Waals surface area contributed by atoms with Gasteiger partial charge >= 0.3 is 0 Å². The molecule has 1 aromatic rings. The molecular weight excluding hydrogens is 244 g/mol. The summed E-state index contributed by atoms with van der Waals surface area (Å²) in [5.74, 6) is 0.868. The molecule has 0 radical (unpaired) electrons. The predicted molar refractivity (Wildman–Crippen MR) is 78.2 cm³/mol. The van der Waals surface area contributed by atoms with Crippen LogP contribution in [0.25, 0.3) is 0 Å². The standard InChI is InChI=1S/C14H24N2OS/c1-6-11-8-12(16(7-2)15-11)9-13(17)10-18-14(3,4)5/h8H,6-7,9-10H2,1-5H3. The van der Waals surface area contributed by atoms with Gasteiger partial charge in [-0.2, -0.15) is 5.10 Å². The minimum absolute atomic E-state index is 0.148. The summed E-state index contributed by atoms with van der Waals surface area (Å²) in [6.45, 7) is 11.4. The highest BCUT2D eigenvalue weighted by Gasteiger charge is 2.15. The minimum Gasteiger partial charge on any atom is -0.298 e. The van der Waals surface area contributed by atoms with Gasteiger partial charge < -0.3 is 0 Å². The summed E-state index contributed by atoms with van der Waals surface area (Å²) < 4.78 is 2.09. The Labute approximate surface area is 114 Å². The van der Waals surface area contributed by atoms with Crippen molar-refractivity contribution in [3.8, 4) is 0 Å². The fourth-order valence-corrected chi connectivity index (χ4v) is 2.35. The Hall–Kier alpha value is -0.770. The minimum atomic E-state index is 0.148. The summed E-state index contributed by atoms with van der Waals surface area (Å²) in [6.07, 6.45) is 1.43. The molecule has 1 aromatic heterocycles. The molecule has 0 bridgehead atoms. The van der Waals surface area contributed by atoms with Crippen molar-refractivity contribution >= 4 is 17.5 Å². The first kappa shape index (κ1) is 15.3. The SMILES string of the molecule is CCc1cc(CC(=O)CSC(C)(C)C)n(CC)n1. The van der Waals surface area contributed by atoms with Crippen molar-refractivity contribution in [2.24, 2.45) is 0 Å². The van der Waals surface area contributed by atoms with E-state index in [1.165, 1.54) is 0 Å². The van der Waals surface area contributed by atoms with E-state index in [9.17, 15) is 4.79 Å². The molecule has 4 heteroatoms. The second-order valence-electron chi connectivity index (χ2n) is 5.41. The predicted octanol–water partition coefficient (Wildman–Crippen LogP) is 3.11. The van der Waals surface area contributed by atoms with E-state index in [1.54, 1.807) is 11.8 Å². The van der Waals surface area contributed by atoms with E-state index in [0.717, 1.165) is 24.4 Å². The third-order valence-corrected chi connectivity index (χ3v) is 3.95. The quantitative estimate of drug-likeness (QED) is 0.795. The van der Waals surface area contributed by atoms with E-state index < -0.39 is 0 Å². The van der Waals surface area contributed by atoms with E-state index in [1.807, 2.05) is 4.68 Å². The average Bonchev–Trinajstić information content (AvgIpc) is 2.68. The number of hydrogen-bond acceptors (Lipinski definition) is 3. The molecule has 0 N–H and O–H groups in total. The number of hydrogen-bond donors (Lipinski definition) is 0. The number of carbonyl (C=O) groups is 1. The Morgan fingerprint density at radius 2 is 2.06 bits per heavy atom. The van der Waals surface area contributed by atoms with Crippen LogP contribution in [-0.2, 0) is 24.2 Å². The summed E-state index contributed by atoms with van der Waals surface area (Å²) in [7, 11) is 0. The number of carbonyl (C=O) groups excluding carboxylic acids is 1. The highest BCUT2D eigenvalue weighted by Crippen LogP contribution is 2.23. The summed E-state index contributed by atoms with van der Waals surface area (Å²) in [4.78, 5) is 12.0. The van der Waals surface area contributed by atoms with Gasteiger partial charge in [-0.25, -0.2) is 0 Å². The summed E-state index contributed by atoms with van der Waals surface area (Å²) in [6, 6.07) is 2.06. The maximum Gasteiger partial charge on any atom is 0.148 e. The van der Waals surface area contributed by atoms with Crippen molar-refractivity contribution < 1.29 is 4.79 Å². The van der Waals surface area contributed by atoms with E-state index in [2.05, 4.69) is 45.8 Å². The molecule has 0 spiro atoms. The van der Waals surface area contributed by atoms with Crippen LogP contribution in [-0.4, -0.2) is 26.1 Å². The first-order valence-electron chi connectivity index (χ1n) is 6.57. The van der Waals surface area contributed by atoms with Crippen molar-refractivity contribution in [3.05, 3.63) is 17.5 Å². The van der Waals surface area contributed by atoms with E-state index in [-0.39, 0.29) is 10.5 Å². The van der Waals surface area contributed by atoms with Crippen LogP contribution in [0.15, 0.2) is 6.07 Å². The molecule has 0 aromatic carbocycles. The molecule has 1 heterocycles. The second-order valence-corrected chi connectivity index (χ2v) is 7.21. The molecule has 1 rings (SSSR count). The van der Waals surface area contributed by atoms with Crippen molar-refractivity contribution in [3.63, 3.8) is 0 Å². The third kappa shape index (κ3) is 4.84. The maximum atomic E-state index is 12.0. The van der Waals surface area contributed by atoms with E-state index in [4.69, 9.17) is 0 Å². The van der Waals surface area contributed by atoms with E-state index in [0.29, 0.717) is 12.2 Å². The number of thioether (sulfide) groups is 1. The van der Waals surface area contributed by atoms with Gasteiger partial charge in [-0.15, -0.1) is 11.8 Å². The average molecular weight is 268 g/mol. The van der Waals surface area contributed by atoms with Gasteiger partial charge in [0.05, 0.1) is 11.4 Å². The topological polar surface area (TPSA) is 34.9 Å². The zero-order chi connectivity index (χ0) is 13.8. The molecule has 0 amide bonds. The maximum absolute atomic E-state index is 12.0. The summed E-state index contributed by atoms with van der Waals surface area (Å²) >= 11 is 1.71. The van der Waals surface area contributed by atoms with Gasteiger partial charge in [-0.3, -0.25) is 9.48 Å². The van der Waals surface area contributed by atoms with Crippen LogP contribution in [0.1, 0.15) is 46.0 Å². The molecule has 18 heavy (non-hydrogen) atoms. The van der Waals surface area contributed by atoms with Crippen LogP contribution in [0.4, 0.5) is 0 Å². The molecule has 0 unspecified atom stereocenters. The fourth-order valence-electron chi connectivity index (χ4n) is 1.65. The van der Waals surface area contributed by atoms with Crippen LogP contribution in [0.2, 0.25) is 0 Å². The zero-order valence-electron chi connectivity index (χ0n) is 12.1. The Morgan fingerprint density at radius 3 is 2.56 bits per heavy atom. The lowest BCUT2D eigenvalue weighted by atomic mass is 10.2. The van der Waals surface area contributed by atoms with Gasteiger partial charge in [-0.05, 0) is 19.4 Å². The fraction of sp³-hybridized carbons (Fsp3) is 0.714. The Balaban J connectivity index is 2.61. The number of Topliss-reactive ketones (excluding diaryl/α,β-unsaturated/α-hetero) is 1. The highest BCUT2D eigenvalue weighted by atomic mass is 32.2. The van der Waals surface area contributed by atoms with Gasteiger partial charge in [0.2, 0.25) is 0 Å². The number of aryl methyl sites for hydroxylation is 2. The first-order chi connectivity index (χ1) is 8.35. The largest absolute Gasteiger partial charge is 0.298 e. The van der Waals surface area contributed by atoms with Crippen molar-refractivity contribution in [2.45, 2.75) is 58.8 Å². The Morgan fingerprint density at radius 1 is 1.39 bits per heavy atom. The highest BCUT2D eigenvalue weighted by molar-refractivity contribution is 8.01. The molecule has 0 saturated carbocycles. The van der Waals surface area contributed by atoms with Gasteiger partial charge in [0.1, 0.15) is 5.78 Å². The number of nitrogens with zero attached hydrogens (tertiary/aromatic N) is 2. The molecule has 0 aliphatic carbocycles. The monoisotopic (exact) mass is 268 g/mol. The Kier molecular flexibility index (Phi) is 5.45. The Bertz CT molecular complexity index is 404. The van der Waals surface area contributed by atoms with Crippen molar-refractivity contribution in [1.82, 2.24) is 9.78 Å². The smallest absolute Gasteiger partial charge is 0.148 e. The lowest BCUT2D eigenvalue weighted by Crippen LogP contribution is -2.16. The first-order valence-corrected chi connectivity index (χ1v) is 7.55. The number of ketones is 1. The molecule has 0 aliphatic heterocycles. The van der Waals surface area contributed by atoms with Crippen LogP contribution in [0.3, 0.4) is 0 Å². The van der Waals surface area contributed by atoms with Crippen LogP contribution >= 0.6 is 11.8 Å². The van der Waals surface area contributed by atoms with Gasteiger partial charge in [0, 0.05) is 23.4 Å². The van der Waals surface area contributed by atoms with Crippen molar-refractivity contribution in [1.29, 1.82) is 0 Å². The molecular formula is C14H24N2OS. The number of aromatic nitrogens is 2. The molecule has 3 nitrogen and oxygen atoms in total.